The van der Waals surface area contributed by atoms with E-state index >= 15 is 0 Å². The molecule has 1 aromatic carbocycles. The van der Waals surface area contributed by atoms with Crippen LogP contribution in [0, 0.1) is 0 Å². The van der Waals surface area contributed by atoms with Crippen molar-refractivity contribution in [2.24, 2.45) is 5.73 Å². The minimum absolute atomic E-state index is 0.334. The molecule has 0 aliphatic carbocycles. The summed E-state index contributed by atoms with van der Waals surface area (Å²) < 4.78 is 0. The lowest BCUT2D eigenvalue weighted by Crippen LogP contribution is -2.27. The number of rotatable bonds is 2. The van der Waals surface area contributed by atoms with Crippen LogP contribution in [0.3, 0.4) is 0 Å². The first kappa shape index (κ1) is 8.49. The molecule has 1 rings (SSSR count). The van der Waals surface area contributed by atoms with Gasteiger partial charge in [-0.05, 0) is 5.56 Å². The molecule has 0 unspecified atom stereocenters. The van der Waals surface area contributed by atoms with Gasteiger partial charge in [-0.15, -0.1) is 0 Å². The zero-order chi connectivity index (χ0) is 8.27. The van der Waals surface area contributed by atoms with Gasteiger partial charge in [0, 0.05) is 6.54 Å². The highest BCUT2D eigenvalue weighted by Crippen LogP contribution is 1.96. The van der Waals surface area contributed by atoms with Crippen LogP contribution in [0.4, 0.5) is 0 Å². The maximum atomic E-state index is 5.60. The van der Waals surface area contributed by atoms with Crippen molar-refractivity contribution in [2.75, 3.05) is 0 Å². The van der Waals surface area contributed by atoms with Crippen molar-refractivity contribution in [3.05, 3.63) is 29.8 Å². The second kappa shape index (κ2) is 3.69. The molecule has 11 heavy (non-hydrogen) atoms. The Morgan fingerprint density at radius 2 is 1.91 bits per heavy atom. The van der Waals surface area contributed by atoms with Crippen LogP contribution in [0.25, 0.3) is 0 Å². The maximum absolute atomic E-state index is 5.60. The number of hydrogen-bond acceptors (Lipinski definition) is 1. The van der Waals surface area contributed by atoms with Crippen molar-refractivity contribution in [1.29, 1.82) is 0 Å². The fraction of sp³-hybridized carbons (Fsp3) is 0.333. The number of hydrogen-bond donors (Lipinski definition) is 1. The topological polar surface area (TPSA) is 26.0 Å². The minimum Gasteiger partial charge on any atom is -0.327 e. The predicted octanol–water partition coefficient (Wildman–Crippen LogP) is 1.11. The Morgan fingerprint density at radius 1 is 1.27 bits per heavy atom. The molecule has 2 N–H and O–H groups in total. The van der Waals surface area contributed by atoms with Crippen molar-refractivity contribution in [3.8, 4) is 0 Å². The van der Waals surface area contributed by atoms with E-state index in [4.69, 9.17) is 5.73 Å². The Balaban J connectivity index is 3.02. The molecule has 0 spiro atoms. The van der Waals surface area contributed by atoms with Gasteiger partial charge in [0.05, 0.1) is 8.80 Å². The minimum atomic E-state index is -0.334. The van der Waals surface area contributed by atoms with Gasteiger partial charge in [-0.3, -0.25) is 0 Å². The van der Waals surface area contributed by atoms with Gasteiger partial charge in [0.1, 0.15) is 0 Å². The molecule has 0 atom stereocenters. The van der Waals surface area contributed by atoms with E-state index in [1.54, 1.807) is 0 Å². The van der Waals surface area contributed by atoms with Gasteiger partial charge < -0.3 is 5.73 Å². The summed E-state index contributed by atoms with van der Waals surface area (Å²) in [6, 6.07) is 8.45. The van der Waals surface area contributed by atoms with Crippen molar-refractivity contribution >= 4 is 14.0 Å². The molecule has 0 aromatic heterocycles. The molecule has 1 aromatic rings. The molecule has 0 bridgehead atoms. The van der Waals surface area contributed by atoms with Crippen LogP contribution in [0.2, 0.25) is 13.1 Å². The van der Waals surface area contributed by atoms with Crippen LogP contribution < -0.4 is 10.9 Å². The molecule has 59 valence electrons. The molecule has 0 saturated carbocycles. The smallest absolute Gasteiger partial charge is 0.0795 e. The summed E-state index contributed by atoms with van der Waals surface area (Å²) in [5.41, 5.74) is 6.92. The SMILES string of the molecule is C[Si](C)c1ccccc1CN. The van der Waals surface area contributed by atoms with Crippen molar-refractivity contribution in [3.63, 3.8) is 0 Å². The van der Waals surface area contributed by atoms with E-state index in [0.29, 0.717) is 6.54 Å². The number of nitrogens with two attached hydrogens (primary N) is 1. The second-order valence-corrected chi connectivity index (χ2v) is 5.40. The van der Waals surface area contributed by atoms with Gasteiger partial charge in [-0.25, -0.2) is 0 Å². The molecule has 0 aliphatic heterocycles. The lowest BCUT2D eigenvalue weighted by molar-refractivity contribution is 1.08. The summed E-state index contributed by atoms with van der Waals surface area (Å²) in [4.78, 5) is 0. The third kappa shape index (κ3) is 1.91. The monoisotopic (exact) mass is 164 g/mol. The van der Waals surface area contributed by atoms with Crippen LogP contribution in [-0.2, 0) is 6.54 Å². The van der Waals surface area contributed by atoms with Gasteiger partial charge in [0.2, 0.25) is 0 Å². The summed E-state index contributed by atoms with van der Waals surface area (Å²) in [6.45, 7) is 5.25. The lowest BCUT2D eigenvalue weighted by atomic mass is 10.2. The first-order valence-electron chi connectivity index (χ1n) is 3.84. The van der Waals surface area contributed by atoms with Gasteiger partial charge in [-0.1, -0.05) is 42.5 Å². The summed E-state index contributed by atoms with van der Waals surface area (Å²) in [5, 5.41) is 1.47. The Labute approximate surface area is 69.8 Å². The average molecular weight is 164 g/mol. The molecule has 0 amide bonds. The van der Waals surface area contributed by atoms with Crippen LogP contribution in [0.15, 0.2) is 24.3 Å². The zero-order valence-electron chi connectivity index (χ0n) is 7.09. The molecule has 0 saturated heterocycles. The summed E-state index contributed by atoms with van der Waals surface area (Å²) in [5.74, 6) is 0. The highest BCUT2D eigenvalue weighted by molar-refractivity contribution is 6.71. The van der Waals surface area contributed by atoms with E-state index < -0.39 is 0 Å². The molecular weight excluding hydrogens is 150 g/mol. The van der Waals surface area contributed by atoms with E-state index in [1.165, 1.54) is 10.8 Å². The first-order valence-corrected chi connectivity index (χ1v) is 6.34. The lowest BCUT2D eigenvalue weighted by Gasteiger charge is -2.08. The molecular formula is C9H14NSi. The van der Waals surface area contributed by atoms with Crippen molar-refractivity contribution in [1.82, 2.24) is 0 Å². The van der Waals surface area contributed by atoms with E-state index in [1.807, 2.05) is 0 Å². The van der Waals surface area contributed by atoms with Gasteiger partial charge >= 0.3 is 0 Å². The summed E-state index contributed by atoms with van der Waals surface area (Å²) in [6.07, 6.45) is 0. The number of benzene rings is 1. The molecule has 1 radical (unpaired) electrons. The first-order chi connectivity index (χ1) is 5.25. The Morgan fingerprint density at radius 3 is 2.36 bits per heavy atom. The van der Waals surface area contributed by atoms with Crippen LogP contribution in [-0.4, -0.2) is 8.80 Å². The molecule has 0 fully saturated rings. The van der Waals surface area contributed by atoms with Gasteiger partial charge in [-0.2, -0.15) is 0 Å². The Kier molecular flexibility index (Phi) is 2.85. The maximum Gasteiger partial charge on any atom is 0.0795 e. The largest absolute Gasteiger partial charge is 0.327 e. The van der Waals surface area contributed by atoms with E-state index in [9.17, 15) is 0 Å². The molecule has 0 heterocycles. The van der Waals surface area contributed by atoms with E-state index in [-0.39, 0.29) is 8.80 Å². The van der Waals surface area contributed by atoms with Gasteiger partial charge in [0.15, 0.2) is 0 Å². The fourth-order valence-electron chi connectivity index (χ4n) is 1.19. The van der Waals surface area contributed by atoms with E-state index in [2.05, 4.69) is 37.4 Å². The average Bonchev–Trinajstić information content (AvgIpc) is 2.04. The van der Waals surface area contributed by atoms with Crippen molar-refractivity contribution in [2.45, 2.75) is 19.6 Å². The highest BCUT2D eigenvalue weighted by Gasteiger charge is 2.04. The third-order valence-corrected chi connectivity index (χ3v) is 3.34. The van der Waals surface area contributed by atoms with Crippen molar-refractivity contribution < 1.29 is 0 Å². The molecule has 1 nitrogen and oxygen atoms in total. The third-order valence-electron chi connectivity index (χ3n) is 1.78. The second-order valence-electron chi connectivity index (χ2n) is 2.86. The summed E-state index contributed by atoms with van der Waals surface area (Å²) >= 11 is 0. The van der Waals surface area contributed by atoms with Gasteiger partial charge in [0.25, 0.3) is 0 Å². The fourth-order valence-corrected chi connectivity index (χ4v) is 2.44. The van der Waals surface area contributed by atoms with Crippen LogP contribution >= 0.6 is 0 Å². The quantitative estimate of drug-likeness (QED) is 0.651. The highest BCUT2D eigenvalue weighted by atomic mass is 28.3. The normalized spacial score (nSPS) is 10.5. The predicted molar refractivity (Wildman–Crippen MR) is 51.4 cm³/mol. The Hall–Kier alpha value is -0.603. The van der Waals surface area contributed by atoms with Crippen LogP contribution in [0.5, 0.6) is 0 Å². The summed E-state index contributed by atoms with van der Waals surface area (Å²) in [7, 11) is -0.334. The molecule has 0 aliphatic rings. The molecule has 2 heteroatoms. The zero-order valence-corrected chi connectivity index (χ0v) is 8.09. The van der Waals surface area contributed by atoms with Crippen LogP contribution in [0.1, 0.15) is 5.56 Å². The Bertz CT molecular complexity index is 233. The van der Waals surface area contributed by atoms with E-state index in [0.717, 1.165) is 0 Å². The standard InChI is InChI=1S/C9H14NSi/c1-11(2)9-6-4-3-5-8(9)7-10/h3-6H,7,10H2,1-2H3.